The van der Waals surface area contributed by atoms with E-state index in [9.17, 15) is 18.0 Å². The largest absolute Gasteiger partial charge is 0.468 e. The van der Waals surface area contributed by atoms with Gasteiger partial charge in [-0.15, -0.1) is 0 Å². The zero-order valence-electron chi connectivity index (χ0n) is 12.5. The molecule has 0 amide bonds. The van der Waals surface area contributed by atoms with E-state index in [1.165, 1.54) is 33.1 Å². The Morgan fingerprint density at radius 3 is 2.23 bits per heavy atom. The second-order valence-corrected chi connectivity index (χ2v) is 6.92. The number of nitrogens with one attached hydrogen (secondary N) is 1. The van der Waals surface area contributed by atoms with Gasteiger partial charge in [-0.2, -0.15) is 4.72 Å². The molecule has 0 unspecified atom stereocenters. The minimum atomic E-state index is -4.09. The number of hydrogen-bond donors (Lipinski definition) is 1. The Labute approximate surface area is 133 Å². The maximum atomic E-state index is 12.3. The molecule has 0 bridgehead atoms. The SMILES string of the molecule is COC(=O)c1ccc(S(=O)(=O)NC(C)(C)C(=O)OC)c(Cl)c1. The summed E-state index contributed by atoms with van der Waals surface area (Å²) in [6.45, 7) is 2.71. The van der Waals surface area contributed by atoms with Gasteiger partial charge in [0.1, 0.15) is 10.4 Å². The Morgan fingerprint density at radius 1 is 1.18 bits per heavy atom. The highest BCUT2D eigenvalue weighted by Crippen LogP contribution is 2.24. The highest BCUT2D eigenvalue weighted by atomic mass is 35.5. The van der Waals surface area contributed by atoms with Crippen molar-refractivity contribution in [3.8, 4) is 0 Å². The Kier molecular flexibility index (Phi) is 5.55. The molecule has 0 heterocycles. The summed E-state index contributed by atoms with van der Waals surface area (Å²) in [5.41, 5.74) is -1.36. The first-order chi connectivity index (χ1) is 10.0. The number of benzene rings is 1. The van der Waals surface area contributed by atoms with Crippen molar-refractivity contribution < 1.29 is 27.5 Å². The fraction of sp³-hybridized carbons (Fsp3) is 0.385. The summed E-state index contributed by atoms with van der Waals surface area (Å²) in [5.74, 6) is -1.40. The van der Waals surface area contributed by atoms with Gasteiger partial charge in [0.15, 0.2) is 0 Å². The van der Waals surface area contributed by atoms with Crippen LogP contribution in [0.3, 0.4) is 0 Å². The van der Waals surface area contributed by atoms with E-state index < -0.39 is 27.5 Å². The molecular formula is C13H16ClNO6S. The smallest absolute Gasteiger partial charge is 0.337 e. The molecule has 0 saturated carbocycles. The zero-order chi connectivity index (χ0) is 17.1. The van der Waals surface area contributed by atoms with Crippen molar-refractivity contribution in [3.05, 3.63) is 28.8 Å². The van der Waals surface area contributed by atoms with Crippen molar-refractivity contribution in [2.75, 3.05) is 14.2 Å². The van der Waals surface area contributed by atoms with Gasteiger partial charge in [-0.3, -0.25) is 4.79 Å². The highest BCUT2D eigenvalue weighted by Gasteiger charge is 2.35. The standard InChI is InChI=1S/C13H16ClNO6S/c1-13(2,12(17)21-4)15-22(18,19)10-6-5-8(7-9(10)14)11(16)20-3/h5-7,15H,1-4H3. The van der Waals surface area contributed by atoms with Gasteiger partial charge in [0.25, 0.3) is 0 Å². The molecule has 122 valence electrons. The molecule has 1 aromatic carbocycles. The van der Waals surface area contributed by atoms with Crippen LogP contribution in [0.1, 0.15) is 24.2 Å². The van der Waals surface area contributed by atoms with Gasteiger partial charge in [0.2, 0.25) is 10.0 Å². The molecule has 0 aliphatic heterocycles. The van der Waals surface area contributed by atoms with Crippen molar-refractivity contribution in [2.24, 2.45) is 0 Å². The third-order valence-electron chi connectivity index (χ3n) is 2.73. The number of esters is 2. The van der Waals surface area contributed by atoms with Crippen molar-refractivity contribution in [1.29, 1.82) is 0 Å². The lowest BCUT2D eigenvalue weighted by Crippen LogP contribution is -2.50. The summed E-state index contributed by atoms with van der Waals surface area (Å²) in [6.07, 6.45) is 0. The van der Waals surface area contributed by atoms with E-state index >= 15 is 0 Å². The summed E-state index contributed by atoms with van der Waals surface area (Å²) >= 11 is 5.91. The van der Waals surface area contributed by atoms with E-state index in [2.05, 4.69) is 14.2 Å². The molecule has 0 aliphatic rings. The molecule has 0 spiro atoms. The average molecular weight is 350 g/mol. The van der Waals surface area contributed by atoms with Gasteiger partial charge in [-0.1, -0.05) is 11.6 Å². The number of rotatable bonds is 5. The maximum Gasteiger partial charge on any atom is 0.337 e. The van der Waals surface area contributed by atoms with Crippen LogP contribution in [0.2, 0.25) is 5.02 Å². The monoisotopic (exact) mass is 349 g/mol. The summed E-state index contributed by atoms with van der Waals surface area (Å²) in [4.78, 5) is 22.7. The van der Waals surface area contributed by atoms with E-state index in [-0.39, 0.29) is 15.5 Å². The molecule has 0 fully saturated rings. The van der Waals surface area contributed by atoms with Crippen LogP contribution in [-0.2, 0) is 24.3 Å². The lowest BCUT2D eigenvalue weighted by atomic mass is 10.1. The first kappa shape index (κ1) is 18.4. The number of hydrogen-bond acceptors (Lipinski definition) is 6. The second kappa shape index (κ2) is 6.64. The maximum absolute atomic E-state index is 12.3. The molecule has 0 aliphatic carbocycles. The minimum absolute atomic E-state index is 0.110. The summed E-state index contributed by atoms with van der Waals surface area (Å²) < 4.78 is 35.9. The Balaban J connectivity index is 3.19. The van der Waals surface area contributed by atoms with E-state index in [1.807, 2.05) is 0 Å². The van der Waals surface area contributed by atoms with Crippen molar-refractivity contribution in [3.63, 3.8) is 0 Å². The number of methoxy groups -OCH3 is 2. The molecule has 0 atom stereocenters. The summed E-state index contributed by atoms with van der Waals surface area (Å²) in [7, 11) is -1.74. The minimum Gasteiger partial charge on any atom is -0.468 e. The predicted octanol–water partition coefficient (Wildman–Crippen LogP) is 1.36. The molecule has 9 heteroatoms. The van der Waals surface area contributed by atoms with E-state index in [1.54, 1.807) is 0 Å². The van der Waals surface area contributed by atoms with Crippen molar-refractivity contribution >= 4 is 33.6 Å². The molecule has 1 rings (SSSR count). The fourth-order valence-electron chi connectivity index (χ4n) is 1.65. The quantitative estimate of drug-likeness (QED) is 0.806. The number of ether oxygens (including phenoxy) is 2. The lowest BCUT2D eigenvalue weighted by molar-refractivity contribution is -0.146. The molecule has 0 aromatic heterocycles. The van der Waals surface area contributed by atoms with Gasteiger partial charge >= 0.3 is 11.9 Å². The molecule has 22 heavy (non-hydrogen) atoms. The molecular weight excluding hydrogens is 334 g/mol. The summed E-state index contributed by atoms with van der Waals surface area (Å²) in [6, 6.07) is 3.59. The van der Waals surface area contributed by atoms with Gasteiger partial charge in [-0.25, -0.2) is 13.2 Å². The van der Waals surface area contributed by atoms with Crippen molar-refractivity contribution in [2.45, 2.75) is 24.3 Å². The highest BCUT2D eigenvalue weighted by molar-refractivity contribution is 7.89. The van der Waals surface area contributed by atoms with Crippen LogP contribution >= 0.6 is 11.6 Å². The number of carbonyl (C=O) groups is 2. The topological polar surface area (TPSA) is 98.8 Å². The number of carbonyl (C=O) groups excluding carboxylic acids is 2. The van der Waals surface area contributed by atoms with Crippen LogP contribution < -0.4 is 4.72 Å². The second-order valence-electron chi connectivity index (χ2n) is 4.86. The fourth-order valence-corrected chi connectivity index (χ4v) is 3.56. The molecule has 0 saturated heterocycles. The Hall–Kier alpha value is -1.64. The Bertz CT molecular complexity index is 698. The molecule has 7 nitrogen and oxygen atoms in total. The lowest BCUT2D eigenvalue weighted by Gasteiger charge is -2.23. The molecule has 1 N–H and O–H groups in total. The van der Waals surface area contributed by atoms with Gasteiger partial charge < -0.3 is 9.47 Å². The normalized spacial score (nSPS) is 11.9. The van der Waals surface area contributed by atoms with Crippen LogP contribution in [0.5, 0.6) is 0 Å². The third kappa shape index (κ3) is 3.96. The zero-order valence-corrected chi connectivity index (χ0v) is 14.0. The predicted molar refractivity (Wildman–Crippen MR) is 79.2 cm³/mol. The molecule has 1 aromatic rings. The van der Waals surface area contributed by atoms with E-state index in [0.29, 0.717) is 0 Å². The van der Waals surface area contributed by atoms with Crippen LogP contribution in [0, 0.1) is 0 Å². The van der Waals surface area contributed by atoms with Gasteiger partial charge in [0.05, 0.1) is 24.8 Å². The van der Waals surface area contributed by atoms with Crippen molar-refractivity contribution in [1.82, 2.24) is 4.72 Å². The molecule has 0 radical (unpaired) electrons. The third-order valence-corrected chi connectivity index (χ3v) is 4.87. The van der Waals surface area contributed by atoms with Crippen LogP contribution in [-0.4, -0.2) is 40.1 Å². The first-order valence-corrected chi connectivity index (χ1v) is 7.91. The van der Waals surface area contributed by atoms with Crippen LogP contribution in [0.25, 0.3) is 0 Å². The average Bonchev–Trinajstić information content (AvgIpc) is 2.43. The first-order valence-electron chi connectivity index (χ1n) is 6.05. The van der Waals surface area contributed by atoms with Crippen LogP contribution in [0.4, 0.5) is 0 Å². The van der Waals surface area contributed by atoms with Gasteiger partial charge in [-0.05, 0) is 32.0 Å². The van der Waals surface area contributed by atoms with E-state index in [4.69, 9.17) is 11.6 Å². The van der Waals surface area contributed by atoms with Gasteiger partial charge in [0, 0.05) is 0 Å². The van der Waals surface area contributed by atoms with Crippen LogP contribution in [0.15, 0.2) is 23.1 Å². The number of halogens is 1. The Morgan fingerprint density at radius 2 is 1.77 bits per heavy atom. The van der Waals surface area contributed by atoms with E-state index in [0.717, 1.165) is 13.2 Å². The number of sulfonamides is 1. The summed E-state index contributed by atoms with van der Waals surface area (Å²) in [5, 5.41) is -0.170.